The van der Waals surface area contributed by atoms with Gasteiger partial charge in [-0.05, 0) is 24.3 Å². The van der Waals surface area contributed by atoms with Crippen molar-refractivity contribution in [2.45, 2.75) is 6.10 Å². The minimum atomic E-state index is -0.840. The average molecular weight is 253 g/mol. The van der Waals surface area contributed by atoms with Gasteiger partial charge in [-0.25, -0.2) is 0 Å². The number of nitrogens with zero attached hydrogens (tertiary/aromatic N) is 2. The molecule has 0 amide bonds. The summed E-state index contributed by atoms with van der Waals surface area (Å²) < 4.78 is 5.08. The molecular weight excluding hydrogens is 242 g/mol. The molecule has 2 N–H and O–H groups in total. The van der Waals surface area contributed by atoms with Gasteiger partial charge in [0, 0.05) is 6.54 Å². The van der Waals surface area contributed by atoms with E-state index in [-0.39, 0.29) is 6.54 Å². The first kappa shape index (κ1) is 12.7. The van der Waals surface area contributed by atoms with Crippen LogP contribution in [0.25, 0.3) is 0 Å². The molecule has 1 aromatic carbocycles. The molecule has 5 heteroatoms. The van der Waals surface area contributed by atoms with Crippen LogP contribution >= 0.6 is 0 Å². The van der Waals surface area contributed by atoms with E-state index in [9.17, 15) is 5.11 Å². The quantitative estimate of drug-likeness (QED) is 0.870. The fraction of sp³-hybridized carbons (Fsp3) is 0.143. The third kappa shape index (κ3) is 2.74. The number of nitrogens with one attached hydrogen (secondary N) is 1. The van der Waals surface area contributed by atoms with Crippen LogP contribution in [0.1, 0.15) is 23.0 Å². The highest BCUT2D eigenvalue weighted by Gasteiger charge is 2.13. The monoisotopic (exact) mass is 253 g/mol. The number of aliphatic hydroxyl groups is 1. The summed E-state index contributed by atoms with van der Waals surface area (Å²) in [4.78, 5) is 0. The fourth-order valence-corrected chi connectivity index (χ4v) is 1.71. The lowest BCUT2D eigenvalue weighted by Crippen LogP contribution is -2.13. The predicted molar refractivity (Wildman–Crippen MR) is 68.0 cm³/mol. The second-order valence-electron chi connectivity index (χ2n) is 3.86. The minimum Gasteiger partial charge on any atom is -0.467 e. The Balaban J connectivity index is 2.16. The van der Waals surface area contributed by atoms with Gasteiger partial charge < -0.3 is 14.8 Å². The molecule has 1 aromatic heterocycles. The number of benzene rings is 1. The second kappa shape index (κ2) is 5.72. The average Bonchev–Trinajstić information content (AvgIpc) is 2.98. The van der Waals surface area contributed by atoms with Gasteiger partial charge in [-0.15, -0.1) is 0 Å². The van der Waals surface area contributed by atoms with Crippen molar-refractivity contribution in [1.29, 1.82) is 10.5 Å². The molecule has 0 spiro atoms. The Morgan fingerprint density at radius 1 is 1.16 bits per heavy atom. The molecule has 0 bridgehead atoms. The summed E-state index contributed by atoms with van der Waals surface area (Å²) in [5.74, 6) is 0.431. The number of aliphatic hydroxyl groups excluding tert-OH is 1. The van der Waals surface area contributed by atoms with Crippen molar-refractivity contribution in [2.24, 2.45) is 0 Å². The zero-order valence-corrected chi connectivity index (χ0v) is 10.00. The molecule has 2 aromatic rings. The molecule has 5 nitrogen and oxygen atoms in total. The molecule has 2 rings (SSSR count). The number of furan rings is 1. The number of nitriles is 2. The van der Waals surface area contributed by atoms with Gasteiger partial charge in [0.1, 0.15) is 24.0 Å². The van der Waals surface area contributed by atoms with Gasteiger partial charge in [0.25, 0.3) is 0 Å². The van der Waals surface area contributed by atoms with Gasteiger partial charge in [-0.3, -0.25) is 0 Å². The molecule has 0 saturated carbocycles. The van der Waals surface area contributed by atoms with Crippen LogP contribution in [0.3, 0.4) is 0 Å². The van der Waals surface area contributed by atoms with Crippen molar-refractivity contribution in [1.82, 2.24) is 0 Å². The smallest absolute Gasteiger partial charge is 0.134 e. The summed E-state index contributed by atoms with van der Waals surface area (Å²) in [5.41, 5.74) is 1.16. The first-order chi connectivity index (χ1) is 9.26. The number of hydrogen-bond donors (Lipinski definition) is 2. The van der Waals surface area contributed by atoms with Crippen LogP contribution in [-0.2, 0) is 0 Å². The van der Waals surface area contributed by atoms with Crippen molar-refractivity contribution in [2.75, 3.05) is 11.9 Å². The molecule has 0 saturated heterocycles. The van der Waals surface area contributed by atoms with E-state index in [0.717, 1.165) is 0 Å². The second-order valence-corrected chi connectivity index (χ2v) is 3.86. The van der Waals surface area contributed by atoms with Gasteiger partial charge in [-0.1, -0.05) is 6.07 Å². The highest BCUT2D eigenvalue weighted by Crippen LogP contribution is 2.21. The first-order valence-corrected chi connectivity index (χ1v) is 5.65. The lowest BCUT2D eigenvalue weighted by Gasteiger charge is -2.12. The maximum absolute atomic E-state index is 9.88. The number of anilines is 1. The van der Waals surface area contributed by atoms with Crippen molar-refractivity contribution in [3.63, 3.8) is 0 Å². The summed E-state index contributed by atoms with van der Waals surface area (Å²) >= 11 is 0. The van der Waals surface area contributed by atoms with Gasteiger partial charge in [0.05, 0.1) is 23.1 Å². The van der Waals surface area contributed by atoms with Gasteiger partial charge in [-0.2, -0.15) is 10.5 Å². The first-order valence-electron chi connectivity index (χ1n) is 5.65. The lowest BCUT2D eigenvalue weighted by molar-refractivity contribution is 0.162. The molecule has 1 unspecified atom stereocenters. The Labute approximate surface area is 110 Å². The van der Waals surface area contributed by atoms with E-state index in [2.05, 4.69) is 5.32 Å². The Hall–Kier alpha value is -2.76. The highest BCUT2D eigenvalue weighted by atomic mass is 16.4. The summed E-state index contributed by atoms with van der Waals surface area (Å²) in [6, 6.07) is 12.2. The Bertz CT molecular complexity index is 603. The van der Waals surface area contributed by atoms with Crippen LogP contribution in [0.2, 0.25) is 0 Å². The Kier molecular flexibility index (Phi) is 3.82. The molecule has 0 fully saturated rings. The van der Waals surface area contributed by atoms with Crippen LogP contribution in [0.15, 0.2) is 41.0 Å². The van der Waals surface area contributed by atoms with E-state index < -0.39 is 6.10 Å². The van der Waals surface area contributed by atoms with E-state index in [4.69, 9.17) is 14.9 Å². The molecule has 0 aliphatic heterocycles. The van der Waals surface area contributed by atoms with Crippen LogP contribution < -0.4 is 5.32 Å². The largest absolute Gasteiger partial charge is 0.467 e. The van der Waals surface area contributed by atoms with Crippen LogP contribution in [0.5, 0.6) is 0 Å². The predicted octanol–water partition coefficient (Wildman–Crippen LogP) is 2.17. The molecule has 19 heavy (non-hydrogen) atoms. The molecule has 1 atom stereocenters. The Morgan fingerprint density at radius 2 is 1.84 bits per heavy atom. The maximum atomic E-state index is 9.88. The summed E-state index contributed by atoms with van der Waals surface area (Å²) in [6.07, 6.45) is 0.635. The SMILES string of the molecule is N#Cc1cccc(C#N)c1NCC(O)c1ccco1. The summed E-state index contributed by atoms with van der Waals surface area (Å²) in [6.45, 7) is 0.154. The zero-order valence-electron chi connectivity index (χ0n) is 10.00. The number of hydrogen-bond acceptors (Lipinski definition) is 5. The van der Waals surface area contributed by atoms with Crippen LogP contribution in [0, 0.1) is 22.7 Å². The van der Waals surface area contributed by atoms with E-state index in [1.807, 2.05) is 12.1 Å². The summed E-state index contributed by atoms with van der Waals surface area (Å²) in [7, 11) is 0. The van der Waals surface area contributed by atoms with Gasteiger partial charge in [0.15, 0.2) is 0 Å². The fourth-order valence-electron chi connectivity index (χ4n) is 1.71. The highest BCUT2D eigenvalue weighted by molar-refractivity contribution is 5.66. The normalized spacial score (nSPS) is 11.3. The lowest BCUT2D eigenvalue weighted by atomic mass is 10.1. The standard InChI is InChI=1S/C14H11N3O2/c15-7-10-3-1-4-11(8-16)14(10)17-9-12(18)13-5-2-6-19-13/h1-6,12,17-18H,9H2. The maximum Gasteiger partial charge on any atom is 0.134 e. The van der Waals surface area contributed by atoms with Crippen molar-refractivity contribution in [3.05, 3.63) is 53.5 Å². The van der Waals surface area contributed by atoms with Crippen LogP contribution in [0.4, 0.5) is 5.69 Å². The van der Waals surface area contributed by atoms with E-state index in [1.165, 1.54) is 6.26 Å². The minimum absolute atomic E-state index is 0.154. The van der Waals surface area contributed by atoms with E-state index >= 15 is 0 Å². The summed E-state index contributed by atoms with van der Waals surface area (Å²) in [5, 5.41) is 30.8. The number of para-hydroxylation sites is 1. The molecule has 0 aliphatic carbocycles. The van der Waals surface area contributed by atoms with Gasteiger partial charge >= 0.3 is 0 Å². The third-order valence-corrected chi connectivity index (χ3v) is 2.65. The molecule has 0 radical (unpaired) electrons. The topological polar surface area (TPSA) is 93.0 Å². The van der Waals surface area contributed by atoms with E-state index in [1.54, 1.807) is 30.3 Å². The number of rotatable bonds is 4. The molecular formula is C14H11N3O2. The van der Waals surface area contributed by atoms with E-state index in [0.29, 0.717) is 22.6 Å². The zero-order chi connectivity index (χ0) is 13.7. The molecule has 0 aliphatic rings. The third-order valence-electron chi connectivity index (χ3n) is 2.65. The molecule has 94 valence electrons. The Morgan fingerprint density at radius 3 is 2.37 bits per heavy atom. The van der Waals surface area contributed by atoms with Crippen molar-refractivity contribution < 1.29 is 9.52 Å². The molecule has 1 heterocycles. The van der Waals surface area contributed by atoms with Crippen molar-refractivity contribution in [3.8, 4) is 12.1 Å². The van der Waals surface area contributed by atoms with Crippen LogP contribution in [-0.4, -0.2) is 11.7 Å². The van der Waals surface area contributed by atoms with Gasteiger partial charge in [0.2, 0.25) is 0 Å². The van der Waals surface area contributed by atoms with Crippen molar-refractivity contribution >= 4 is 5.69 Å².